The fourth-order valence-corrected chi connectivity index (χ4v) is 2.06. The molecule has 0 aliphatic carbocycles. The number of benzene rings is 1. The quantitative estimate of drug-likeness (QED) is 0.565. The minimum absolute atomic E-state index is 0.100. The lowest BCUT2D eigenvalue weighted by Gasteiger charge is -1.98. The highest BCUT2D eigenvalue weighted by Gasteiger charge is 2.05. The van der Waals surface area contributed by atoms with Crippen molar-refractivity contribution in [2.45, 2.75) is 6.42 Å². The molecular weight excluding hydrogens is 292 g/mol. The number of nitrogens with two attached hydrogens (primary N) is 1. The molecule has 0 radical (unpaired) electrons. The number of carbonyl (C=O) groups excluding carboxylic acids is 1. The summed E-state index contributed by atoms with van der Waals surface area (Å²) in [5.74, 6) is -1.30. The van der Waals surface area contributed by atoms with Crippen molar-refractivity contribution in [3.63, 3.8) is 0 Å². The summed E-state index contributed by atoms with van der Waals surface area (Å²) in [5.41, 5.74) is 9.30. The SMILES string of the molecule is Nc1nc(CC(=O)N/N=C/c2ccc(C(=O)O)cc2)cs1. The number of hydrogen-bond donors (Lipinski definition) is 3. The third kappa shape index (κ3) is 4.39. The van der Waals surface area contributed by atoms with Crippen LogP contribution in [0.5, 0.6) is 0 Å². The molecule has 108 valence electrons. The number of anilines is 1. The van der Waals surface area contributed by atoms with Crippen LogP contribution in [0.2, 0.25) is 0 Å². The number of nitrogens with zero attached hydrogens (tertiary/aromatic N) is 2. The van der Waals surface area contributed by atoms with Crippen LogP contribution >= 0.6 is 11.3 Å². The predicted octanol–water partition coefficient (Wildman–Crippen LogP) is 1.12. The van der Waals surface area contributed by atoms with Gasteiger partial charge in [0.1, 0.15) is 0 Å². The lowest BCUT2D eigenvalue weighted by atomic mass is 10.1. The number of amides is 1. The number of hydrazone groups is 1. The highest BCUT2D eigenvalue weighted by Crippen LogP contribution is 2.11. The molecule has 2 aromatic rings. The van der Waals surface area contributed by atoms with Gasteiger partial charge in [-0.1, -0.05) is 12.1 Å². The van der Waals surface area contributed by atoms with Crippen LogP contribution in [-0.2, 0) is 11.2 Å². The molecule has 8 heteroatoms. The maximum absolute atomic E-state index is 11.6. The Morgan fingerprint density at radius 3 is 2.67 bits per heavy atom. The minimum Gasteiger partial charge on any atom is -0.478 e. The minimum atomic E-state index is -0.991. The van der Waals surface area contributed by atoms with Gasteiger partial charge >= 0.3 is 5.97 Å². The lowest BCUT2D eigenvalue weighted by molar-refractivity contribution is -0.120. The van der Waals surface area contributed by atoms with Crippen LogP contribution in [0, 0.1) is 0 Å². The van der Waals surface area contributed by atoms with Crippen LogP contribution < -0.4 is 11.2 Å². The number of carbonyl (C=O) groups is 2. The monoisotopic (exact) mass is 304 g/mol. The molecule has 0 unspecified atom stereocenters. The van der Waals surface area contributed by atoms with Crippen LogP contribution in [-0.4, -0.2) is 28.2 Å². The Bertz CT molecular complexity index is 679. The molecule has 1 aromatic carbocycles. The van der Waals surface area contributed by atoms with E-state index in [4.69, 9.17) is 10.8 Å². The number of hydrogen-bond acceptors (Lipinski definition) is 6. The summed E-state index contributed by atoms with van der Waals surface area (Å²) < 4.78 is 0. The fourth-order valence-electron chi connectivity index (χ4n) is 1.50. The Kier molecular flexibility index (Phi) is 4.62. The van der Waals surface area contributed by atoms with Crippen molar-refractivity contribution in [2.24, 2.45) is 5.10 Å². The van der Waals surface area contributed by atoms with Gasteiger partial charge < -0.3 is 10.8 Å². The number of carboxylic acids is 1. The standard InChI is InChI=1S/C13H12N4O3S/c14-13-16-10(7-21-13)5-11(18)17-15-6-8-1-3-9(4-2-8)12(19)20/h1-4,6-7H,5H2,(H2,14,16)(H,17,18)(H,19,20)/b15-6+. The van der Waals surface area contributed by atoms with E-state index in [0.29, 0.717) is 16.4 Å². The molecular formula is C13H12N4O3S. The topological polar surface area (TPSA) is 118 Å². The lowest BCUT2D eigenvalue weighted by Crippen LogP contribution is -2.19. The van der Waals surface area contributed by atoms with E-state index in [9.17, 15) is 9.59 Å². The number of aromatic nitrogens is 1. The highest BCUT2D eigenvalue weighted by molar-refractivity contribution is 7.13. The maximum atomic E-state index is 11.6. The van der Waals surface area contributed by atoms with Crippen LogP contribution in [0.25, 0.3) is 0 Å². The van der Waals surface area contributed by atoms with Gasteiger partial charge in [0.2, 0.25) is 5.91 Å². The molecule has 0 saturated carbocycles. The van der Waals surface area contributed by atoms with Gasteiger partial charge in [-0.25, -0.2) is 15.2 Å². The average Bonchev–Trinajstić information content (AvgIpc) is 2.84. The smallest absolute Gasteiger partial charge is 0.335 e. The summed E-state index contributed by atoms with van der Waals surface area (Å²) in [6.07, 6.45) is 1.53. The molecule has 0 spiro atoms. The van der Waals surface area contributed by atoms with E-state index in [-0.39, 0.29) is 17.9 Å². The van der Waals surface area contributed by atoms with Gasteiger partial charge in [-0.15, -0.1) is 11.3 Å². The van der Waals surface area contributed by atoms with E-state index in [1.807, 2.05) is 0 Å². The van der Waals surface area contributed by atoms with E-state index in [0.717, 1.165) is 0 Å². The Morgan fingerprint density at radius 1 is 1.38 bits per heavy atom. The first kappa shape index (κ1) is 14.7. The molecule has 0 aliphatic rings. The molecule has 0 aliphatic heterocycles. The average molecular weight is 304 g/mol. The van der Waals surface area contributed by atoms with Gasteiger partial charge in [0.05, 0.1) is 23.9 Å². The third-order valence-electron chi connectivity index (χ3n) is 2.47. The van der Waals surface area contributed by atoms with Crippen LogP contribution in [0.3, 0.4) is 0 Å². The van der Waals surface area contributed by atoms with Crippen molar-refractivity contribution < 1.29 is 14.7 Å². The summed E-state index contributed by atoms with van der Waals surface area (Å²) in [6, 6.07) is 6.12. The Hall–Kier alpha value is -2.74. The second kappa shape index (κ2) is 6.62. The predicted molar refractivity (Wildman–Crippen MR) is 79.4 cm³/mol. The van der Waals surface area contributed by atoms with Crippen molar-refractivity contribution in [3.8, 4) is 0 Å². The molecule has 1 aromatic heterocycles. The van der Waals surface area contributed by atoms with Crippen molar-refractivity contribution in [2.75, 3.05) is 5.73 Å². The molecule has 0 bridgehead atoms. The Morgan fingerprint density at radius 2 is 2.10 bits per heavy atom. The van der Waals surface area contributed by atoms with Crippen LogP contribution in [0.1, 0.15) is 21.6 Å². The van der Waals surface area contributed by atoms with E-state index in [1.54, 1.807) is 17.5 Å². The summed E-state index contributed by atoms with van der Waals surface area (Å²) in [5, 5.41) is 14.7. The van der Waals surface area contributed by atoms with Gasteiger partial charge in [0.15, 0.2) is 5.13 Å². The van der Waals surface area contributed by atoms with Crippen molar-refractivity contribution in [1.29, 1.82) is 0 Å². The van der Waals surface area contributed by atoms with Gasteiger partial charge in [-0.2, -0.15) is 5.10 Å². The van der Waals surface area contributed by atoms with E-state index in [1.165, 1.54) is 29.7 Å². The first-order valence-corrected chi connectivity index (χ1v) is 6.77. The third-order valence-corrected chi connectivity index (χ3v) is 3.19. The zero-order valence-corrected chi connectivity index (χ0v) is 11.6. The summed E-state index contributed by atoms with van der Waals surface area (Å²) in [4.78, 5) is 26.2. The number of nitrogen functional groups attached to an aromatic ring is 1. The van der Waals surface area contributed by atoms with Gasteiger partial charge in [-0.05, 0) is 17.7 Å². The molecule has 2 rings (SSSR count). The molecule has 21 heavy (non-hydrogen) atoms. The molecule has 1 heterocycles. The molecule has 0 saturated heterocycles. The van der Waals surface area contributed by atoms with Gasteiger partial charge in [0, 0.05) is 5.38 Å². The molecule has 1 amide bonds. The van der Waals surface area contributed by atoms with Crippen molar-refractivity contribution in [3.05, 3.63) is 46.5 Å². The first-order chi connectivity index (χ1) is 10.0. The zero-order chi connectivity index (χ0) is 15.2. The van der Waals surface area contributed by atoms with E-state index < -0.39 is 5.97 Å². The fraction of sp³-hybridized carbons (Fsp3) is 0.0769. The Balaban J connectivity index is 1.86. The molecule has 7 nitrogen and oxygen atoms in total. The first-order valence-electron chi connectivity index (χ1n) is 5.90. The highest BCUT2D eigenvalue weighted by atomic mass is 32.1. The summed E-state index contributed by atoms with van der Waals surface area (Å²) in [7, 11) is 0. The second-order valence-electron chi connectivity index (χ2n) is 4.07. The number of rotatable bonds is 5. The van der Waals surface area contributed by atoms with Gasteiger partial charge in [-0.3, -0.25) is 4.79 Å². The molecule has 0 fully saturated rings. The number of carboxylic acid groups (broad SMARTS) is 1. The normalized spacial score (nSPS) is 10.7. The van der Waals surface area contributed by atoms with Crippen molar-refractivity contribution >= 4 is 34.6 Å². The zero-order valence-electron chi connectivity index (χ0n) is 10.8. The maximum Gasteiger partial charge on any atom is 0.335 e. The van der Waals surface area contributed by atoms with E-state index >= 15 is 0 Å². The number of aromatic carboxylic acids is 1. The summed E-state index contributed by atoms with van der Waals surface area (Å²) in [6.45, 7) is 0. The van der Waals surface area contributed by atoms with Gasteiger partial charge in [0.25, 0.3) is 0 Å². The van der Waals surface area contributed by atoms with Crippen molar-refractivity contribution in [1.82, 2.24) is 10.4 Å². The second-order valence-corrected chi connectivity index (χ2v) is 4.96. The molecule has 0 atom stereocenters. The summed E-state index contributed by atoms with van der Waals surface area (Å²) >= 11 is 1.27. The largest absolute Gasteiger partial charge is 0.478 e. The Labute approximate surface area is 124 Å². The number of thiazole rings is 1. The number of nitrogens with one attached hydrogen (secondary N) is 1. The molecule has 4 N–H and O–H groups in total. The van der Waals surface area contributed by atoms with Crippen LogP contribution in [0.15, 0.2) is 34.7 Å². The van der Waals surface area contributed by atoms with Crippen LogP contribution in [0.4, 0.5) is 5.13 Å². The van der Waals surface area contributed by atoms with E-state index in [2.05, 4.69) is 15.5 Å².